The first-order chi connectivity index (χ1) is 11.2. The van der Waals surface area contributed by atoms with Gasteiger partial charge in [-0.3, -0.25) is 0 Å². The van der Waals surface area contributed by atoms with E-state index >= 15 is 0 Å². The minimum absolute atomic E-state index is 0.473. The molecule has 23 heavy (non-hydrogen) atoms. The summed E-state index contributed by atoms with van der Waals surface area (Å²) < 4.78 is 0. The Labute approximate surface area is 139 Å². The number of likely N-dealkylation sites (tertiary alicyclic amines) is 1. The molecule has 0 bridgehead atoms. The Balaban J connectivity index is 1.42. The largest absolute Gasteiger partial charge is 0.390 e. The standard InChI is InChI=1S/C21H27NO/c23-21(13-11-19-7-3-1-4-8-19)14-17-22(18-15-21)16-12-20-9-5-2-6-10-20/h1-10,23H,11-18H2. The number of rotatable bonds is 6. The van der Waals surface area contributed by atoms with Gasteiger partial charge < -0.3 is 10.0 Å². The van der Waals surface area contributed by atoms with Crippen LogP contribution in [0.4, 0.5) is 0 Å². The van der Waals surface area contributed by atoms with Gasteiger partial charge in [-0.05, 0) is 43.2 Å². The first-order valence-corrected chi connectivity index (χ1v) is 8.76. The summed E-state index contributed by atoms with van der Waals surface area (Å²) in [4.78, 5) is 2.49. The van der Waals surface area contributed by atoms with Gasteiger partial charge in [-0.25, -0.2) is 0 Å². The van der Waals surface area contributed by atoms with Gasteiger partial charge in [-0.2, -0.15) is 0 Å². The second kappa shape index (κ2) is 7.76. The van der Waals surface area contributed by atoms with Crippen LogP contribution in [0.25, 0.3) is 0 Å². The third-order valence-corrected chi connectivity index (χ3v) is 5.07. The molecule has 1 saturated heterocycles. The highest BCUT2D eigenvalue weighted by molar-refractivity contribution is 5.16. The average molecular weight is 309 g/mol. The molecular formula is C21H27NO. The van der Waals surface area contributed by atoms with Crippen molar-refractivity contribution in [1.82, 2.24) is 4.90 Å². The zero-order valence-electron chi connectivity index (χ0n) is 13.8. The molecule has 0 aromatic heterocycles. The first-order valence-electron chi connectivity index (χ1n) is 8.76. The molecule has 0 saturated carbocycles. The number of hydrogen-bond donors (Lipinski definition) is 1. The fraction of sp³-hybridized carbons (Fsp3) is 0.429. The Morgan fingerprint density at radius 1 is 0.783 bits per heavy atom. The van der Waals surface area contributed by atoms with Crippen molar-refractivity contribution in [3.8, 4) is 0 Å². The van der Waals surface area contributed by atoms with Gasteiger partial charge in [0.05, 0.1) is 5.60 Å². The third-order valence-electron chi connectivity index (χ3n) is 5.07. The molecule has 2 nitrogen and oxygen atoms in total. The van der Waals surface area contributed by atoms with Crippen LogP contribution in [0.2, 0.25) is 0 Å². The van der Waals surface area contributed by atoms with E-state index in [1.165, 1.54) is 11.1 Å². The second-order valence-corrected chi connectivity index (χ2v) is 6.79. The van der Waals surface area contributed by atoms with Crippen molar-refractivity contribution in [2.45, 2.75) is 37.7 Å². The zero-order valence-corrected chi connectivity index (χ0v) is 13.8. The van der Waals surface area contributed by atoms with Gasteiger partial charge in [0.15, 0.2) is 0 Å². The molecule has 1 heterocycles. The van der Waals surface area contributed by atoms with Gasteiger partial charge in [0.25, 0.3) is 0 Å². The van der Waals surface area contributed by atoms with Crippen molar-refractivity contribution in [2.24, 2.45) is 0 Å². The first kappa shape index (κ1) is 16.2. The molecule has 122 valence electrons. The summed E-state index contributed by atoms with van der Waals surface area (Å²) in [5.74, 6) is 0. The molecule has 1 fully saturated rings. The molecule has 0 atom stereocenters. The van der Waals surface area contributed by atoms with Crippen molar-refractivity contribution in [2.75, 3.05) is 19.6 Å². The Morgan fingerprint density at radius 3 is 1.87 bits per heavy atom. The number of piperidine rings is 1. The highest BCUT2D eigenvalue weighted by Gasteiger charge is 2.31. The summed E-state index contributed by atoms with van der Waals surface area (Å²) in [5.41, 5.74) is 2.25. The predicted octanol–water partition coefficient (Wildman–Crippen LogP) is 3.69. The van der Waals surface area contributed by atoms with E-state index in [1.807, 2.05) is 6.07 Å². The highest BCUT2D eigenvalue weighted by Crippen LogP contribution is 2.27. The van der Waals surface area contributed by atoms with E-state index in [1.54, 1.807) is 0 Å². The summed E-state index contributed by atoms with van der Waals surface area (Å²) in [6.07, 6.45) is 4.75. The van der Waals surface area contributed by atoms with Crippen LogP contribution in [-0.2, 0) is 12.8 Å². The van der Waals surface area contributed by atoms with E-state index in [9.17, 15) is 5.11 Å². The minimum atomic E-state index is -0.473. The molecule has 2 aromatic rings. The quantitative estimate of drug-likeness (QED) is 0.880. The lowest BCUT2D eigenvalue weighted by Crippen LogP contribution is -2.45. The number of aryl methyl sites for hydroxylation is 1. The van der Waals surface area contributed by atoms with Crippen LogP contribution in [0.15, 0.2) is 60.7 Å². The minimum Gasteiger partial charge on any atom is -0.390 e. The fourth-order valence-corrected chi connectivity index (χ4v) is 3.40. The van der Waals surface area contributed by atoms with Crippen molar-refractivity contribution in [1.29, 1.82) is 0 Å². The lowest BCUT2D eigenvalue weighted by atomic mass is 9.85. The average Bonchev–Trinajstić information content (AvgIpc) is 2.62. The van der Waals surface area contributed by atoms with Gasteiger partial charge in [0.2, 0.25) is 0 Å². The molecule has 1 aliphatic rings. The van der Waals surface area contributed by atoms with Crippen LogP contribution in [0.1, 0.15) is 30.4 Å². The Kier molecular flexibility index (Phi) is 5.47. The Hall–Kier alpha value is -1.64. The summed E-state index contributed by atoms with van der Waals surface area (Å²) in [6.45, 7) is 3.12. The van der Waals surface area contributed by atoms with Gasteiger partial charge in [-0.1, -0.05) is 60.7 Å². The molecule has 0 radical (unpaired) electrons. The molecule has 1 aliphatic heterocycles. The van der Waals surface area contributed by atoms with Crippen molar-refractivity contribution in [3.05, 3.63) is 71.8 Å². The molecule has 2 heteroatoms. The summed E-state index contributed by atoms with van der Waals surface area (Å²) >= 11 is 0. The van der Waals surface area contributed by atoms with E-state index in [4.69, 9.17) is 0 Å². The van der Waals surface area contributed by atoms with E-state index in [2.05, 4.69) is 59.5 Å². The monoisotopic (exact) mass is 309 g/mol. The van der Waals surface area contributed by atoms with Gasteiger partial charge in [-0.15, -0.1) is 0 Å². The molecule has 2 aromatic carbocycles. The van der Waals surface area contributed by atoms with Crippen LogP contribution in [0.5, 0.6) is 0 Å². The lowest BCUT2D eigenvalue weighted by Gasteiger charge is -2.38. The Morgan fingerprint density at radius 2 is 1.30 bits per heavy atom. The summed E-state index contributed by atoms with van der Waals surface area (Å²) in [5, 5.41) is 10.8. The van der Waals surface area contributed by atoms with E-state index in [-0.39, 0.29) is 0 Å². The number of nitrogens with zero attached hydrogens (tertiary/aromatic N) is 1. The van der Waals surface area contributed by atoms with Crippen molar-refractivity contribution in [3.63, 3.8) is 0 Å². The predicted molar refractivity (Wildman–Crippen MR) is 95.5 cm³/mol. The van der Waals surface area contributed by atoms with Crippen molar-refractivity contribution >= 4 is 0 Å². The van der Waals surface area contributed by atoms with Gasteiger partial charge >= 0.3 is 0 Å². The van der Waals surface area contributed by atoms with E-state index in [0.717, 1.165) is 51.7 Å². The van der Waals surface area contributed by atoms with Crippen LogP contribution >= 0.6 is 0 Å². The SMILES string of the molecule is OC1(CCc2ccccc2)CCN(CCc2ccccc2)CC1. The molecule has 0 unspecified atom stereocenters. The van der Waals surface area contributed by atoms with E-state index in [0.29, 0.717) is 0 Å². The van der Waals surface area contributed by atoms with E-state index < -0.39 is 5.60 Å². The highest BCUT2D eigenvalue weighted by atomic mass is 16.3. The third kappa shape index (κ3) is 4.92. The number of hydrogen-bond acceptors (Lipinski definition) is 2. The van der Waals surface area contributed by atoms with Gasteiger partial charge in [0, 0.05) is 19.6 Å². The molecule has 0 spiro atoms. The molecule has 0 aliphatic carbocycles. The van der Waals surface area contributed by atoms with Crippen LogP contribution in [-0.4, -0.2) is 35.2 Å². The molecule has 0 amide bonds. The summed E-state index contributed by atoms with van der Waals surface area (Å²) in [7, 11) is 0. The topological polar surface area (TPSA) is 23.5 Å². The van der Waals surface area contributed by atoms with Crippen molar-refractivity contribution < 1.29 is 5.11 Å². The maximum absolute atomic E-state index is 10.8. The van der Waals surface area contributed by atoms with Crippen LogP contribution in [0.3, 0.4) is 0 Å². The number of benzene rings is 2. The number of aliphatic hydroxyl groups is 1. The zero-order chi connectivity index (χ0) is 16.0. The molecule has 1 N–H and O–H groups in total. The van der Waals surface area contributed by atoms with Crippen LogP contribution in [0, 0.1) is 0 Å². The maximum atomic E-state index is 10.8. The Bertz CT molecular complexity index is 573. The van der Waals surface area contributed by atoms with Gasteiger partial charge in [0.1, 0.15) is 0 Å². The molecule has 3 rings (SSSR count). The smallest absolute Gasteiger partial charge is 0.0675 e. The van der Waals surface area contributed by atoms with Crippen LogP contribution < -0.4 is 0 Å². The normalized spacial score (nSPS) is 18.0. The summed E-state index contributed by atoms with van der Waals surface area (Å²) in [6, 6.07) is 21.2. The molecular weight excluding hydrogens is 282 g/mol. The maximum Gasteiger partial charge on any atom is 0.0675 e. The second-order valence-electron chi connectivity index (χ2n) is 6.79. The fourth-order valence-electron chi connectivity index (χ4n) is 3.40. The lowest BCUT2D eigenvalue weighted by molar-refractivity contribution is -0.0269.